The van der Waals surface area contributed by atoms with E-state index in [4.69, 9.17) is 11.6 Å². The predicted octanol–water partition coefficient (Wildman–Crippen LogP) is 4.23. The molecular formula is C16H18BrF2N5S. The molecule has 0 unspecified atom stereocenters. The first-order valence-corrected chi connectivity index (χ1v) is 9.19. The van der Waals surface area contributed by atoms with Gasteiger partial charge in [-0.1, -0.05) is 18.9 Å². The van der Waals surface area contributed by atoms with E-state index in [1.165, 1.54) is 30.4 Å². The molecule has 0 fully saturated rings. The number of hydrogen-bond donors (Lipinski definition) is 3. The van der Waals surface area contributed by atoms with Gasteiger partial charge in [-0.3, -0.25) is 9.99 Å². The quantitative estimate of drug-likeness (QED) is 0.264. The highest BCUT2D eigenvalue weighted by Gasteiger charge is 2.17. The lowest BCUT2D eigenvalue weighted by atomic mass is 10.2. The Bertz CT molecular complexity index is 772. The summed E-state index contributed by atoms with van der Waals surface area (Å²) in [6.45, 7) is 2.01. The van der Waals surface area contributed by atoms with Crippen LogP contribution in [-0.2, 0) is 0 Å². The van der Waals surface area contributed by atoms with Crippen molar-refractivity contribution in [2.75, 3.05) is 15.5 Å². The first-order valence-electron chi connectivity index (χ1n) is 7.42. The molecule has 0 aliphatic rings. The van der Waals surface area contributed by atoms with Crippen LogP contribution in [0.15, 0.2) is 41.3 Å². The summed E-state index contributed by atoms with van der Waals surface area (Å²) in [5.74, 6) is 5.04. The van der Waals surface area contributed by atoms with E-state index in [2.05, 4.69) is 25.6 Å². The summed E-state index contributed by atoms with van der Waals surface area (Å²) in [6.07, 6.45) is 5.29. The van der Waals surface area contributed by atoms with Gasteiger partial charge in [0.25, 0.3) is 0 Å². The largest absolute Gasteiger partial charge is 0.397 e. The molecule has 0 spiro atoms. The molecular weight excluding hydrogens is 412 g/mol. The van der Waals surface area contributed by atoms with E-state index in [-0.39, 0.29) is 11.4 Å². The van der Waals surface area contributed by atoms with Crippen LogP contribution in [0.2, 0.25) is 0 Å². The second-order valence-corrected chi connectivity index (χ2v) is 6.91. The molecule has 25 heavy (non-hydrogen) atoms. The smallest absolute Gasteiger partial charge is 0.175 e. The van der Waals surface area contributed by atoms with Crippen molar-refractivity contribution in [2.24, 2.45) is 11.6 Å². The van der Waals surface area contributed by atoms with Crippen LogP contribution in [0, 0.1) is 11.6 Å². The molecule has 5 N–H and O–H groups in total. The van der Waals surface area contributed by atoms with Gasteiger partial charge in [0, 0.05) is 34.4 Å². The van der Waals surface area contributed by atoms with Crippen LogP contribution in [0.5, 0.6) is 0 Å². The number of aromatic nitrogens is 1. The summed E-state index contributed by atoms with van der Waals surface area (Å²) in [5.41, 5.74) is 6.50. The maximum Gasteiger partial charge on any atom is 0.175 e. The highest BCUT2D eigenvalue weighted by molar-refractivity contribution is 9.10. The molecule has 2 rings (SSSR count). The number of halogens is 3. The van der Waals surface area contributed by atoms with E-state index in [1.807, 2.05) is 6.92 Å². The van der Waals surface area contributed by atoms with Gasteiger partial charge in [0.1, 0.15) is 5.69 Å². The predicted molar refractivity (Wildman–Crippen MR) is 103 cm³/mol. The van der Waals surface area contributed by atoms with Crippen molar-refractivity contribution in [1.29, 1.82) is 0 Å². The van der Waals surface area contributed by atoms with Gasteiger partial charge in [0.05, 0.1) is 11.4 Å². The Balaban J connectivity index is 2.30. The molecule has 1 heterocycles. The first-order chi connectivity index (χ1) is 11.9. The molecule has 0 saturated carbocycles. The minimum absolute atomic E-state index is 0.154. The summed E-state index contributed by atoms with van der Waals surface area (Å²) >= 11 is 4.62. The van der Waals surface area contributed by atoms with Gasteiger partial charge < -0.3 is 10.5 Å². The highest BCUT2D eigenvalue weighted by Crippen LogP contribution is 2.30. The Kier molecular flexibility index (Phi) is 7.03. The fourth-order valence-corrected chi connectivity index (χ4v) is 2.93. The third kappa shape index (κ3) is 5.07. The minimum Gasteiger partial charge on any atom is -0.397 e. The second-order valence-electron chi connectivity index (χ2n) is 5.09. The van der Waals surface area contributed by atoms with Crippen molar-refractivity contribution >= 4 is 44.9 Å². The summed E-state index contributed by atoms with van der Waals surface area (Å²) in [5, 5.41) is 0.830. The molecule has 1 aromatic carbocycles. The lowest BCUT2D eigenvalue weighted by Gasteiger charge is -2.18. The van der Waals surface area contributed by atoms with Crippen molar-refractivity contribution in [1.82, 2.24) is 4.98 Å². The first kappa shape index (κ1) is 19.5. The van der Waals surface area contributed by atoms with Gasteiger partial charge in [0.2, 0.25) is 0 Å². The molecule has 0 aliphatic carbocycles. The molecule has 0 atom stereocenters. The molecule has 9 heteroatoms. The van der Waals surface area contributed by atoms with Crippen LogP contribution in [0.4, 0.5) is 20.2 Å². The van der Waals surface area contributed by atoms with Crippen molar-refractivity contribution < 1.29 is 8.78 Å². The topological polar surface area (TPSA) is 80.2 Å². The highest BCUT2D eigenvalue weighted by atomic mass is 79.9. The zero-order valence-electron chi connectivity index (χ0n) is 13.5. The van der Waals surface area contributed by atoms with Crippen LogP contribution in [0.1, 0.15) is 18.9 Å². The van der Waals surface area contributed by atoms with Gasteiger partial charge in [-0.05, 0) is 40.5 Å². The van der Waals surface area contributed by atoms with Gasteiger partial charge in [-0.15, -0.1) is 0 Å². The Morgan fingerprint density at radius 1 is 1.40 bits per heavy atom. The third-order valence-electron chi connectivity index (χ3n) is 3.13. The number of nitrogens with two attached hydrogens (primary N) is 2. The number of nitrogens with zero attached hydrogens (tertiary/aromatic N) is 2. The maximum atomic E-state index is 14.6. The van der Waals surface area contributed by atoms with Crippen molar-refractivity contribution in [3.63, 3.8) is 0 Å². The molecule has 0 aliphatic heterocycles. The van der Waals surface area contributed by atoms with E-state index in [0.29, 0.717) is 5.56 Å². The summed E-state index contributed by atoms with van der Waals surface area (Å²) in [6, 6.07) is 4.20. The van der Waals surface area contributed by atoms with Crippen LogP contribution in [0.25, 0.3) is 5.70 Å². The average molecular weight is 430 g/mol. The van der Waals surface area contributed by atoms with Crippen LogP contribution in [-0.4, -0.2) is 10.7 Å². The van der Waals surface area contributed by atoms with E-state index in [9.17, 15) is 8.78 Å². The number of anilines is 2. The number of hydrazine groups is 1. The maximum absolute atomic E-state index is 14.6. The fraction of sp³-hybridized carbons (Fsp3) is 0.188. The number of hydrogen-bond acceptors (Lipinski definition) is 6. The molecule has 0 saturated heterocycles. The zero-order chi connectivity index (χ0) is 18.4. The molecule has 5 nitrogen and oxygen atoms in total. The van der Waals surface area contributed by atoms with E-state index in [0.717, 1.165) is 27.7 Å². The van der Waals surface area contributed by atoms with Gasteiger partial charge in [-0.25, -0.2) is 14.6 Å². The lowest BCUT2D eigenvalue weighted by molar-refractivity contribution is 0.584. The monoisotopic (exact) mass is 429 g/mol. The van der Waals surface area contributed by atoms with Crippen molar-refractivity contribution in [3.05, 3.63) is 58.5 Å². The number of rotatable bonds is 7. The summed E-state index contributed by atoms with van der Waals surface area (Å²) < 4.78 is 32.3. The lowest BCUT2D eigenvalue weighted by Crippen LogP contribution is -2.28. The van der Waals surface area contributed by atoms with E-state index in [1.54, 1.807) is 12.3 Å². The fourth-order valence-electron chi connectivity index (χ4n) is 1.95. The van der Waals surface area contributed by atoms with Crippen LogP contribution in [0.3, 0.4) is 0 Å². The number of pyridine rings is 1. The second kappa shape index (κ2) is 9.02. The number of nitrogens with one attached hydrogen (secondary N) is 1. The van der Waals surface area contributed by atoms with Crippen molar-refractivity contribution in [2.45, 2.75) is 13.3 Å². The molecule has 134 valence electrons. The SMILES string of the molecule is CCCSNc1ccc(F)c(N(N)/C=C(\N)c2cncc(Br)c2)c1F. The summed E-state index contributed by atoms with van der Waals surface area (Å²) in [4.78, 5) is 3.99. The Morgan fingerprint density at radius 3 is 2.84 bits per heavy atom. The van der Waals surface area contributed by atoms with Gasteiger partial charge in [0.15, 0.2) is 11.6 Å². The van der Waals surface area contributed by atoms with Crippen LogP contribution < -0.4 is 21.3 Å². The van der Waals surface area contributed by atoms with Crippen molar-refractivity contribution in [3.8, 4) is 0 Å². The standard InChI is InChI=1S/C16H18BrF2N5S/c1-2-5-25-23-14-4-3-12(18)16(15(14)19)24(21)9-13(20)10-6-11(17)8-22-7-10/h3-4,6-9,23H,2,5,20-21H2,1H3/b13-9-. The normalized spacial score (nSPS) is 11.5. The Hall–Kier alpha value is -1.84. The Labute approximate surface area is 157 Å². The molecule has 0 amide bonds. The molecule has 1 aromatic heterocycles. The van der Waals surface area contributed by atoms with E-state index >= 15 is 0 Å². The third-order valence-corrected chi connectivity index (χ3v) is 4.54. The molecule has 0 radical (unpaired) electrons. The van der Waals surface area contributed by atoms with E-state index < -0.39 is 17.3 Å². The molecule has 2 aromatic rings. The average Bonchev–Trinajstić information content (AvgIpc) is 2.57. The van der Waals surface area contributed by atoms with Crippen LogP contribution >= 0.6 is 27.9 Å². The van der Waals surface area contributed by atoms with Gasteiger partial charge >= 0.3 is 0 Å². The zero-order valence-corrected chi connectivity index (χ0v) is 15.9. The van der Waals surface area contributed by atoms with Gasteiger partial charge in [-0.2, -0.15) is 0 Å². The molecule has 0 bridgehead atoms. The Morgan fingerprint density at radius 2 is 2.16 bits per heavy atom. The summed E-state index contributed by atoms with van der Waals surface area (Å²) in [7, 11) is 0. The number of benzene rings is 1. The minimum atomic E-state index is -0.789.